The van der Waals surface area contributed by atoms with Crippen LogP contribution in [-0.4, -0.2) is 22.8 Å². The van der Waals surface area contributed by atoms with Crippen LogP contribution in [0.3, 0.4) is 0 Å². The quantitative estimate of drug-likeness (QED) is 0.478. The number of nitrogens with one attached hydrogen (secondary N) is 2. The third kappa shape index (κ3) is 3.69. The number of amides is 2. The van der Waals surface area contributed by atoms with Gasteiger partial charge in [0, 0.05) is 11.4 Å². The summed E-state index contributed by atoms with van der Waals surface area (Å²) in [6.45, 7) is 0. The first-order valence-electron chi connectivity index (χ1n) is 9.84. The molecule has 0 unspecified atom stereocenters. The number of anilines is 1. The lowest BCUT2D eigenvalue weighted by molar-refractivity contribution is 0.0952. The number of pyridine rings is 1. The van der Waals surface area contributed by atoms with Crippen LogP contribution in [-0.2, 0) is 0 Å². The van der Waals surface area contributed by atoms with E-state index < -0.39 is 0 Å². The lowest BCUT2D eigenvalue weighted by Crippen LogP contribution is -2.27. The molecule has 0 spiro atoms. The molecule has 1 fully saturated rings. The number of carbonyl (C=O) groups excluding carboxylic acids is 2. The molecular weight excluding hydrogens is 394 g/mol. The van der Waals surface area contributed by atoms with E-state index in [0.29, 0.717) is 16.8 Å². The Bertz CT molecular complexity index is 1250. The van der Waals surface area contributed by atoms with Gasteiger partial charge >= 0.3 is 0 Å². The van der Waals surface area contributed by atoms with Gasteiger partial charge in [-0.1, -0.05) is 36.4 Å². The maximum Gasteiger partial charge on any atom is 0.256 e. The van der Waals surface area contributed by atoms with Gasteiger partial charge in [-0.25, -0.2) is 4.98 Å². The molecule has 0 bridgehead atoms. The van der Waals surface area contributed by atoms with E-state index in [4.69, 9.17) is 4.98 Å². The Kier molecular flexibility index (Phi) is 4.77. The van der Waals surface area contributed by atoms with Gasteiger partial charge in [0.2, 0.25) is 0 Å². The van der Waals surface area contributed by atoms with Crippen LogP contribution in [0.25, 0.3) is 21.5 Å². The Hall–Kier alpha value is -3.51. The van der Waals surface area contributed by atoms with Crippen LogP contribution in [0.2, 0.25) is 0 Å². The average Bonchev–Trinajstić information content (AvgIpc) is 3.41. The smallest absolute Gasteiger partial charge is 0.256 e. The summed E-state index contributed by atoms with van der Waals surface area (Å²) in [5, 5.41) is 8.68. The largest absolute Gasteiger partial charge is 0.349 e. The van der Waals surface area contributed by atoms with Crippen LogP contribution < -0.4 is 10.6 Å². The van der Waals surface area contributed by atoms with E-state index in [2.05, 4.69) is 10.6 Å². The Labute approximate surface area is 177 Å². The maximum atomic E-state index is 13.3. The normalized spacial score (nSPS) is 13.2. The van der Waals surface area contributed by atoms with E-state index in [0.717, 1.165) is 34.3 Å². The minimum Gasteiger partial charge on any atom is -0.349 e. The Morgan fingerprint density at radius 2 is 1.70 bits per heavy atom. The average molecular weight is 414 g/mol. The third-order valence-electron chi connectivity index (χ3n) is 5.07. The van der Waals surface area contributed by atoms with Gasteiger partial charge < -0.3 is 10.6 Å². The van der Waals surface area contributed by atoms with Gasteiger partial charge in [0.25, 0.3) is 11.8 Å². The first-order chi connectivity index (χ1) is 14.7. The van der Waals surface area contributed by atoms with Crippen LogP contribution in [0.15, 0.2) is 72.1 Å². The summed E-state index contributed by atoms with van der Waals surface area (Å²) in [4.78, 5) is 31.6. The molecule has 1 aliphatic carbocycles. The number of benzene rings is 2. The van der Waals surface area contributed by atoms with Crippen LogP contribution >= 0.6 is 11.3 Å². The predicted octanol–water partition coefficient (Wildman–Crippen LogP) is 5.11. The van der Waals surface area contributed by atoms with Gasteiger partial charge in [0.05, 0.1) is 32.9 Å². The molecule has 1 aliphatic rings. The lowest BCUT2D eigenvalue weighted by Gasteiger charge is -2.13. The molecule has 30 heavy (non-hydrogen) atoms. The Morgan fingerprint density at radius 1 is 0.900 bits per heavy atom. The van der Waals surface area contributed by atoms with Gasteiger partial charge in [-0.05, 0) is 48.6 Å². The van der Waals surface area contributed by atoms with Crippen LogP contribution in [0.1, 0.15) is 33.6 Å². The first-order valence-corrected chi connectivity index (χ1v) is 10.7. The second kappa shape index (κ2) is 7.72. The minimum atomic E-state index is -0.266. The van der Waals surface area contributed by atoms with Gasteiger partial charge in [0.15, 0.2) is 0 Å². The monoisotopic (exact) mass is 413 g/mol. The summed E-state index contributed by atoms with van der Waals surface area (Å²) >= 11 is 1.58. The second-order valence-corrected chi connectivity index (χ2v) is 8.24. The predicted molar refractivity (Wildman–Crippen MR) is 120 cm³/mol. The number of thiophene rings is 1. The number of para-hydroxylation sites is 2. The van der Waals surface area contributed by atoms with Crippen molar-refractivity contribution in [3.63, 3.8) is 0 Å². The molecule has 2 heterocycles. The van der Waals surface area contributed by atoms with Crippen molar-refractivity contribution < 1.29 is 9.59 Å². The van der Waals surface area contributed by atoms with Crippen LogP contribution in [0, 0.1) is 0 Å². The molecule has 1 saturated carbocycles. The summed E-state index contributed by atoms with van der Waals surface area (Å²) < 4.78 is 0. The molecule has 0 radical (unpaired) electrons. The number of rotatable bonds is 5. The van der Waals surface area contributed by atoms with E-state index >= 15 is 0 Å². The van der Waals surface area contributed by atoms with Crippen molar-refractivity contribution in [2.24, 2.45) is 0 Å². The zero-order valence-corrected chi connectivity index (χ0v) is 16.9. The molecule has 4 aromatic rings. The number of hydrogen-bond acceptors (Lipinski definition) is 4. The highest BCUT2D eigenvalue weighted by molar-refractivity contribution is 7.13. The van der Waals surface area contributed by atoms with E-state index in [1.807, 2.05) is 53.9 Å². The topological polar surface area (TPSA) is 71.1 Å². The fourth-order valence-electron chi connectivity index (χ4n) is 3.38. The molecule has 2 aromatic heterocycles. The van der Waals surface area contributed by atoms with Crippen LogP contribution in [0.4, 0.5) is 5.69 Å². The fraction of sp³-hybridized carbons (Fsp3) is 0.125. The molecule has 5 nitrogen and oxygen atoms in total. The zero-order chi connectivity index (χ0) is 20.5. The molecule has 0 atom stereocenters. The van der Waals surface area contributed by atoms with Crippen molar-refractivity contribution in [1.29, 1.82) is 0 Å². The van der Waals surface area contributed by atoms with E-state index in [-0.39, 0.29) is 17.9 Å². The third-order valence-corrected chi connectivity index (χ3v) is 5.96. The van der Waals surface area contributed by atoms with Crippen molar-refractivity contribution in [1.82, 2.24) is 10.3 Å². The summed E-state index contributed by atoms with van der Waals surface area (Å²) in [5.74, 6) is -0.426. The minimum absolute atomic E-state index is 0.160. The zero-order valence-electron chi connectivity index (χ0n) is 16.1. The van der Waals surface area contributed by atoms with Crippen molar-refractivity contribution in [2.45, 2.75) is 18.9 Å². The van der Waals surface area contributed by atoms with Crippen molar-refractivity contribution in [3.8, 4) is 10.6 Å². The van der Waals surface area contributed by atoms with E-state index in [9.17, 15) is 9.59 Å². The fourth-order valence-corrected chi connectivity index (χ4v) is 4.07. The number of nitrogens with zero attached hydrogens (tertiary/aromatic N) is 1. The molecular formula is C24H19N3O2S. The summed E-state index contributed by atoms with van der Waals surface area (Å²) in [6.07, 6.45) is 2.02. The summed E-state index contributed by atoms with van der Waals surface area (Å²) in [6, 6.07) is 20.7. The molecule has 6 heteroatoms. The Balaban J connectivity index is 1.52. The van der Waals surface area contributed by atoms with Gasteiger partial charge in [-0.2, -0.15) is 0 Å². The maximum absolute atomic E-state index is 13.3. The van der Waals surface area contributed by atoms with Crippen molar-refractivity contribution in [3.05, 3.63) is 83.2 Å². The van der Waals surface area contributed by atoms with Gasteiger partial charge in [-0.15, -0.1) is 11.3 Å². The van der Waals surface area contributed by atoms with Crippen molar-refractivity contribution >= 4 is 39.7 Å². The van der Waals surface area contributed by atoms with Crippen LogP contribution in [0.5, 0.6) is 0 Å². The summed E-state index contributed by atoms with van der Waals surface area (Å²) in [5.41, 5.74) is 3.01. The number of aromatic nitrogens is 1. The first kappa shape index (κ1) is 18.5. The highest BCUT2D eigenvalue weighted by Gasteiger charge is 2.25. The lowest BCUT2D eigenvalue weighted by atomic mass is 10.1. The molecule has 0 aliphatic heterocycles. The van der Waals surface area contributed by atoms with E-state index in [1.165, 1.54) is 0 Å². The SMILES string of the molecule is O=C(NC1CC1)c1ccccc1NC(=O)c1cc(-c2cccs2)nc2ccccc12. The van der Waals surface area contributed by atoms with Gasteiger partial charge in [-0.3, -0.25) is 9.59 Å². The molecule has 2 amide bonds. The molecule has 148 valence electrons. The number of carbonyl (C=O) groups is 2. The second-order valence-electron chi connectivity index (χ2n) is 7.30. The highest BCUT2D eigenvalue weighted by Crippen LogP contribution is 2.29. The van der Waals surface area contributed by atoms with E-state index in [1.54, 1.807) is 29.5 Å². The Morgan fingerprint density at radius 3 is 2.50 bits per heavy atom. The van der Waals surface area contributed by atoms with Crippen molar-refractivity contribution in [2.75, 3.05) is 5.32 Å². The molecule has 2 aromatic carbocycles. The number of fused-ring (bicyclic) bond motifs is 1. The molecule has 5 rings (SSSR count). The highest BCUT2D eigenvalue weighted by atomic mass is 32.1. The number of hydrogen-bond donors (Lipinski definition) is 2. The molecule has 2 N–H and O–H groups in total. The summed E-state index contributed by atoms with van der Waals surface area (Å²) in [7, 11) is 0. The standard InChI is InChI=1S/C24H19N3O2S/c28-23(25-15-11-12-15)17-7-2-4-9-20(17)27-24(29)18-14-21(22-10-5-13-30-22)26-19-8-3-1-6-16(18)19/h1-10,13-15H,11-12H2,(H,25,28)(H,27,29). The van der Waals surface area contributed by atoms with Gasteiger partial charge in [0.1, 0.15) is 0 Å². The molecule has 0 saturated heterocycles.